The molecule has 1 aliphatic rings. The molecule has 0 saturated carbocycles. The Kier molecular flexibility index (Phi) is 13.8. The number of aliphatic hydroxyl groups is 4. The Balaban J connectivity index is 1.73. The minimum atomic E-state index is -4.31. The number of carbonyl (C=O) groups excluding carboxylic acids is 2. The van der Waals surface area contributed by atoms with Gasteiger partial charge in [0.25, 0.3) is 0 Å². The van der Waals surface area contributed by atoms with Crippen LogP contribution >= 0.6 is 0 Å². The fourth-order valence-corrected chi connectivity index (χ4v) is 13.1. The van der Waals surface area contributed by atoms with Gasteiger partial charge in [-0.05, 0) is 115 Å². The Hall–Kier alpha value is -4.52. The second kappa shape index (κ2) is 17.8. The van der Waals surface area contributed by atoms with Crippen molar-refractivity contribution in [2.45, 2.75) is 103 Å². The summed E-state index contributed by atoms with van der Waals surface area (Å²) in [5.41, 5.74) is 4.36. The molecule has 16 heteroatoms. The molecule has 4 aromatic rings. The van der Waals surface area contributed by atoms with Crippen LogP contribution in [0.15, 0.2) is 58.3 Å². The number of benzene rings is 4. The fraction of sp³-hybridized carbons (Fsp3) is 0.409. The monoisotopic (exact) mass is 864 g/mol. The molecule has 4 unspecified atom stereocenters. The molecule has 0 aliphatic heterocycles. The zero-order valence-corrected chi connectivity index (χ0v) is 37.3. The van der Waals surface area contributed by atoms with Crippen LogP contribution in [-0.4, -0.2) is 108 Å². The highest BCUT2D eigenvalue weighted by molar-refractivity contribution is 7.89. The maximum atomic E-state index is 14.6. The van der Waals surface area contributed by atoms with Crippen LogP contribution < -0.4 is 10.6 Å². The van der Waals surface area contributed by atoms with E-state index in [-0.39, 0.29) is 43.4 Å². The van der Waals surface area contributed by atoms with Gasteiger partial charge in [-0.15, -0.1) is 0 Å². The lowest BCUT2D eigenvalue weighted by molar-refractivity contribution is 0.0980. The third-order valence-electron chi connectivity index (χ3n) is 11.3. The first-order chi connectivity index (χ1) is 28.1. The average Bonchev–Trinajstić information content (AvgIpc) is 3.19. The Bertz CT molecular complexity index is 2380. The molecule has 0 saturated heterocycles. The van der Waals surface area contributed by atoms with E-state index in [2.05, 4.69) is 10.6 Å². The van der Waals surface area contributed by atoms with E-state index < -0.39 is 82.2 Å². The molecule has 0 radical (unpaired) electrons. The molecule has 5 rings (SSSR count). The zero-order chi connectivity index (χ0) is 44.8. The van der Waals surface area contributed by atoms with Crippen molar-refractivity contribution in [1.82, 2.24) is 8.61 Å². The summed E-state index contributed by atoms with van der Waals surface area (Å²) < 4.78 is 59.7. The number of hydrogen-bond donors (Lipinski definition) is 6. The van der Waals surface area contributed by atoms with Crippen LogP contribution in [0.3, 0.4) is 0 Å². The smallest absolute Gasteiger partial charge is 0.244 e. The predicted octanol–water partition coefficient (Wildman–Crippen LogP) is 5.30. The first-order valence-corrected chi connectivity index (χ1v) is 22.6. The number of carbonyl (C=O) groups is 2. The Morgan fingerprint density at radius 1 is 0.517 bits per heavy atom. The molecule has 324 valence electrons. The fourth-order valence-electron chi connectivity index (χ4n) is 8.56. The third kappa shape index (κ3) is 8.02. The number of sulfonamides is 2. The molecule has 0 heterocycles. The Morgan fingerprint density at radius 2 is 0.817 bits per heavy atom. The highest BCUT2D eigenvalue weighted by Crippen LogP contribution is 2.43. The maximum Gasteiger partial charge on any atom is 0.244 e. The van der Waals surface area contributed by atoms with Crippen molar-refractivity contribution in [3.05, 3.63) is 104 Å². The van der Waals surface area contributed by atoms with E-state index in [1.807, 2.05) is 0 Å². The molecule has 0 aromatic heterocycles. The minimum absolute atomic E-state index is 0.0203. The summed E-state index contributed by atoms with van der Waals surface area (Å²) in [5, 5.41) is 46.6. The van der Waals surface area contributed by atoms with Crippen molar-refractivity contribution in [3.63, 3.8) is 0 Å². The van der Waals surface area contributed by atoms with Crippen molar-refractivity contribution in [2.24, 2.45) is 0 Å². The number of ketones is 2. The minimum Gasteiger partial charge on any atom is -0.395 e. The number of anilines is 4. The summed E-state index contributed by atoms with van der Waals surface area (Å²) in [6, 6.07) is 9.61. The standard InChI is InChI=1S/C44H56N4O10S2/c1-23-17-25(3)43(59(55,56)47(27(5)19-49)28(6)20-50)31(9)39(23)45-35-15-16-36(38-37(35)41(53)33-13-11-12-14-34(33)42(38)54)46-40-24(2)18-26(4)44(32(40)10)60(57,58)48(29(7)21-51)30(8)22-52/h11-18,27-30,45-46,49-52H,19-22H2,1-10H3. The molecular weight excluding hydrogens is 809 g/mol. The number of fused-ring (bicyclic) bond motifs is 2. The molecule has 14 nitrogen and oxygen atoms in total. The highest BCUT2D eigenvalue weighted by Gasteiger charge is 2.39. The molecule has 0 spiro atoms. The van der Waals surface area contributed by atoms with Gasteiger partial charge in [-0.1, -0.05) is 36.4 Å². The van der Waals surface area contributed by atoms with Gasteiger partial charge < -0.3 is 31.1 Å². The number of aryl methyl sites for hydroxylation is 4. The van der Waals surface area contributed by atoms with E-state index in [9.17, 15) is 46.9 Å². The molecule has 0 bridgehead atoms. The van der Waals surface area contributed by atoms with Crippen LogP contribution in [0.1, 0.15) is 92.9 Å². The van der Waals surface area contributed by atoms with Gasteiger partial charge in [0.15, 0.2) is 11.6 Å². The maximum absolute atomic E-state index is 14.6. The molecule has 0 amide bonds. The van der Waals surface area contributed by atoms with E-state index in [0.29, 0.717) is 44.8 Å². The van der Waals surface area contributed by atoms with Gasteiger partial charge in [0.2, 0.25) is 20.0 Å². The largest absolute Gasteiger partial charge is 0.395 e. The lowest BCUT2D eigenvalue weighted by atomic mass is 9.82. The second-order valence-corrected chi connectivity index (χ2v) is 19.4. The number of nitrogens with one attached hydrogen (secondary N) is 2. The van der Waals surface area contributed by atoms with E-state index in [1.54, 1.807) is 118 Å². The van der Waals surface area contributed by atoms with Gasteiger partial charge in [0, 0.05) is 46.7 Å². The molecule has 60 heavy (non-hydrogen) atoms. The van der Waals surface area contributed by atoms with E-state index >= 15 is 0 Å². The first kappa shape index (κ1) is 46.5. The number of hydrogen-bond acceptors (Lipinski definition) is 12. The van der Waals surface area contributed by atoms with Gasteiger partial charge in [-0.3, -0.25) is 9.59 Å². The molecule has 4 aromatic carbocycles. The van der Waals surface area contributed by atoms with Crippen molar-refractivity contribution in [1.29, 1.82) is 0 Å². The van der Waals surface area contributed by atoms with Crippen molar-refractivity contribution in [3.8, 4) is 0 Å². The first-order valence-electron chi connectivity index (χ1n) is 19.7. The molecule has 4 atom stereocenters. The molecule has 6 N–H and O–H groups in total. The van der Waals surface area contributed by atoms with Crippen LogP contribution in [0.2, 0.25) is 0 Å². The van der Waals surface area contributed by atoms with E-state index in [0.717, 1.165) is 8.61 Å². The quantitative estimate of drug-likeness (QED) is 0.0746. The lowest BCUT2D eigenvalue weighted by Gasteiger charge is -2.33. The lowest BCUT2D eigenvalue weighted by Crippen LogP contribution is -2.48. The van der Waals surface area contributed by atoms with Crippen LogP contribution in [-0.2, 0) is 20.0 Å². The van der Waals surface area contributed by atoms with Crippen molar-refractivity contribution in [2.75, 3.05) is 37.1 Å². The Morgan fingerprint density at radius 3 is 1.10 bits per heavy atom. The summed E-state index contributed by atoms with van der Waals surface area (Å²) >= 11 is 0. The molecule has 1 aliphatic carbocycles. The number of rotatable bonds is 16. The van der Waals surface area contributed by atoms with Gasteiger partial charge in [0.1, 0.15) is 0 Å². The summed E-state index contributed by atoms with van der Waals surface area (Å²) in [6.07, 6.45) is 0. The summed E-state index contributed by atoms with van der Waals surface area (Å²) in [7, 11) is -8.61. The van der Waals surface area contributed by atoms with Crippen LogP contribution in [0.5, 0.6) is 0 Å². The Labute approximate surface area is 353 Å². The van der Waals surface area contributed by atoms with Crippen LogP contribution in [0.25, 0.3) is 0 Å². The summed E-state index contributed by atoms with van der Waals surface area (Å²) in [6.45, 7) is 14.4. The van der Waals surface area contributed by atoms with Crippen LogP contribution in [0, 0.1) is 41.5 Å². The number of aliphatic hydroxyl groups excluding tert-OH is 4. The van der Waals surface area contributed by atoms with Crippen molar-refractivity contribution < 1.29 is 46.9 Å². The van der Waals surface area contributed by atoms with Crippen molar-refractivity contribution >= 4 is 54.4 Å². The molecular formula is C44H56N4O10S2. The van der Waals surface area contributed by atoms with E-state index in [4.69, 9.17) is 0 Å². The predicted molar refractivity (Wildman–Crippen MR) is 232 cm³/mol. The van der Waals surface area contributed by atoms with Gasteiger partial charge in [-0.25, -0.2) is 16.8 Å². The SMILES string of the molecule is Cc1cc(C)c(S(=O)(=O)N(C(C)CO)C(C)CO)c(C)c1Nc1ccc(Nc2c(C)cc(C)c(S(=O)(=O)N(C(C)CO)C(C)CO)c2C)c2c1C(=O)c1ccccc1C2=O. The average molecular weight is 865 g/mol. The number of nitrogens with zero attached hydrogens (tertiary/aromatic N) is 2. The highest BCUT2D eigenvalue weighted by atomic mass is 32.2. The summed E-state index contributed by atoms with van der Waals surface area (Å²) in [4.78, 5) is 29.0. The zero-order valence-electron chi connectivity index (χ0n) is 35.7. The summed E-state index contributed by atoms with van der Waals surface area (Å²) in [5.74, 6) is -0.929. The van der Waals surface area contributed by atoms with Crippen LogP contribution in [0.4, 0.5) is 22.7 Å². The van der Waals surface area contributed by atoms with Gasteiger partial charge >= 0.3 is 0 Å². The third-order valence-corrected chi connectivity index (χ3v) is 16.1. The topological polar surface area (TPSA) is 214 Å². The van der Waals surface area contributed by atoms with E-state index in [1.165, 1.54) is 0 Å². The second-order valence-electron chi connectivity index (χ2n) is 15.8. The van der Waals surface area contributed by atoms with Gasteiger partial charge in [0.05, 0.1) is 58.7 Å². The normalized spacial score (nSPS) is 15.1. The molecule has 0 fully saturated rings. The van der Waals surface area contributed by atoms with Gasteiger partial charge in [-0.2, -0.15) is 8.61 Å².